The highest BCUT2D eigenvalue weighted by Gasteiger charge is 2.14. The van der Waals surface area contributed by atoms with Crippen LogP contribution in [-0.2, 0) is 4.74 Å². The molecule has 0 radical (unpaired) electrons. The van der Waals surface area contributed by atoms with E-state index in [0.717, 1.165) is 39.3 Å². The summed E-state index contributed by atoms with van der Waals surface area (Å²) in [6.45, 7) is 1.81. The van der Waals surface area contributed by atoms with Crippen LogP contribution in [0.15, 0.2) is 18.2 Å². The van der Waals surface area contributed by atoms with E-state index in [9.17, 15) is 13.6 Å². The Morgan fingerprint density at radius 2 is 2.08 bits per heavy atom. The summed E-state index contributed by atoms with van der Waals surface area (Å²) >= 11 is 0. The zero-order valence-corrected chi connectivity index (χ0v) is 13.6. The molecule has 8 heteroatoms. The molecule has 0 bridgehead atoms. The highest BCUT2D eigenvalue weighted by atomic mass is 19.3. The quantitative estimate of drug-likeness (QED) is 0.728. The molecule has 0 unspecified atom stereocenters. The van der Waals surface area contributed by atoms with Gasteiger partial charge in [-0.15, -0.1) is 0 Å². The van der Waals surface area contributed by atoms with Gasteiger partial charge in [-0.05, 0) is 31.2 Å². The van der Waals surface area contributed by atoms with Crippen LogP contribution >= 0.6 is 0 Å². The van der Waals surface area contributed by atoms with Gasteiger partial charge in [0.25, 0.3) is 5.91 Å². The van der Waals surface area contributed by atoms with Gasteiger partial charge in [0.15, 0.2) is 11.5 Å². The minimum atomic E-state index is -2.95. The number of morpholine rings is 1. The molecule has 0 atom stereocenters. The van der Waals surface area contributed by atoms with Crippen LogP contribution in [0.2, 0.25) is 0 Å². The van der Waals surface area contributed by atoms with Crippen LogP contribution in [0.4, 0.5) is 8.78 Å². The Hall–Kier alpha value is -1.93. The third kappa shape index (κ3) is 5.61. The first-order valence-corrected chi connectivity index (χ1v) is 7.81. The third-order valence-electron chi connectivity index (χ3n) is 3.68. The summed E-state index contributed by atoms with van der Waals surface area (Å²) in [6.07, 6.45) is 0.829. The van der Waals surface area contributed by atoms with Gasteiger partial charge in [-0.1, -0.05) is 0 Å². The van der Waals surface area contributed by atoms with Crippen molar-refractivity contribution in [3.63, 3.8) is 0 Å². The fourth-order valence-electron chi connectivity index (χ4n) is 2.43. The number of amides is 1. The summed E-state index contributed by atoms with van der Waals surface area (Å²) in [6, 6.07) is 4.11. The van der Waals surface area contributed by atoms with E-state index in [0.29, 0.717) is 12.1 Å². The molecule has 0 spiro atoms. The van der Waals surface area contributed by atoms with Crippen molar-refractivity contribution in [3.8, 4) is 11.5 Å². The monoisotopic (exact) mass is 344 g/mol. The highest BCUT2D eigenvalue weighted by Crippen LogP contribution is 2.29. The number of carbonyl (C=O) groups is 1. The van der Waals surface area contributed by atoms with Crippen LogP contribution in [0.5, 0.6) is 11.5 Å². The number of methoxy groups -OCH3 is 1. The molecule has 1 aliphatic rings. The molecule has 1 aromatic rings. The number of alkyl halides is 2. The smallest absolute Gasteiger partial charge is 0.387 e. The van der Waals surface area contributed by atoms with Gasteiger partial charge in [0.2, 0.25) is 0 Å². The number of halogens is 2. The lowest BCUT2D eigenvalue weighted by molar-refractivity contribution is -0.0512. The second kappa shape index (κ2) is 9.39. The van der Waals surface area contributed by atoms with Crippen molar-refractivity contribution in [2.75, 3.05) is 46.5 Å². The fraction of sp³-hybridized carbons (Fsp3) is 0.562. The van der Waals surface area contributed by atoms with Gasteiger partial charge in [-0.25, -0.2) is 0 Å². The van der Waals surface area contributed by atoms with Crippen molar-refractivity contribution < 1.29 is 27.8 Å². The Bertz CT molecular complexity index is 537. The summed E-state index contributed by atoms with van der Waals surface area (Å²) in [5.74, 6) is -0.286. The van der Waals surface area contributed by atoms with Gasteiger partial charge < -0.3 is 19.5 Å². The van der Waals surface area contributed by atoms with E-state index < -0.39 is 6.61 Å². The molecule has 2 rings (SSSR count). The normalized spacial score (nSPS) is 15.3. The number of hydrogen-bond donors (Lipinski definition) is 1. The predicted octanol–water partition coefficient (Wildman–Crippen LogP) is 1.75. The van der Waals surface area contributed by atoms with Crippen LogP contribution in [0, 0.1) is 0 Å². The molecule has 0 aromatic heterocycles. The molecular formula is C16H22F2N2O4. The van der Waals surface area contributed by atoms with Crippen molar-refractivity contribution in [3.05, 3.63) is 23.8 Å². The summed E-state index contributed by atoms with van der Waals surface area (Å²) in [5, 5.41) is 2.81. The highest BCUT2D eigenvalue weighted by molar-refractivity contribution is 5.94. The SMILES string of the molecule is COc1cc(C(=O)NCCCN2CCOCC2)ccc1OC(F)F. The predicted molar refractivity (Wildman–Crippen MR) is 83.8 cm³/mol. The number of hydrogen-bond acceptors (Lipinski definition) is 5. The van der Waals surface area contributed by atoms with E-state index in [-0.39, 0.29) is 17.4 Å². The zero-order chi connectivity index (χ0) is 17.4. The number of benzene rings is 1. The minimum absolute atomic E-state index is 0.0938. The minimum Gasteiger partial charge on any atom is -0.493 e. The third-order valence-corrected chi connectivity index (χ3v) is 3.68. The maximum Gasteiger partial charge on any atom is 0.387 e. The Labute approximate surface area is 139 Å². The maximum absolute atomic E-state index is 12.3. The molecule has 0 aliphatic carbocycles. The van der Waals surface area contributed by atoms with Crippen molar-refractivity contribution in [1.29, 1.82) is 0 Å². The maximum atomic E-state index is 12.3. The standard InChI is InChI=1S/C16H22F2N2O4/c1-22-14-11-12(3-4-13(14)24-16(17)18)15(21)19-5-2-6-20-7-9-23-10-8-20/h3-4,11,16H,2,5-10H2,1H3,(H,19,21). The average Bonchev–Trinajstić information content (AvgIpc) is 2.59. The van der Waals surface area contributed by atoms with Gasteiger partial charge in [0.1, 0.15) is 0 Å². The summed E-state index contributed by atoms with van der Waals surface area (Å²) in [5.41, 5.74) is 0.333. The van der Waals surface area contributed by atoms with E-state index in [1.165, 1.54) is 25.3 Å². The van der Waals surface area contributed by atoms with E-state index in [4.69, 9.17) is 9.47 Å². The molecule has 134 valence electrons. The van der Waals surface area contributed by atoms with E-state index >= 15 is 0 Å². The molecule has 1 amide bonds. The first-order chi connectivity index (χ1) is 11.6. The molecule has 1 N–H and O–H groups in total. The molecule has 1 aromatic carbocycles. The first kappa shape index (κ1) is 18.4. The number of nitrogens with zero attached hydrogens (tertiary/aromatic N) is 1. The molecule has 1 aliphatic heterocycles. The van der Waals surface area contributed by atoms with Gasteiger partial charge >= 0.3 is 6.61 Å². The first-order valence-electron chi connectivity index (χ1n) is 7.81. The van der Waals surface area contributed by atoms with Crippen LogP contribution in [0.1, 0.15) is 16.8 Å². The van der Waals surface area contributed by atoms with Crippen LogP contribution in [0.3, 0.4) is 0 Å². The van der Waals surface area contributed by atoms with Gasteiger partial charge in [0, 0.05) is 25.2 Å². The Morgan fingerprint density at radius 1 is 1.33 bits per heavy atom. The summed E-state index contributed by atoms with van der Waals surface area (Å²) in [7, 11) is 1.33. The number of rotatable bonds is 8. The lowest BCUT2D eigenvalue weighted by atomic mass is 10.2. The van der Waals surface area contributed by atoms with E-state index in [2.05, 4.69) is 15.0 Å². The molecule has 0 saturated carbocycles. The number of ether oxygens (including phenoxy) is 3. The van der Waals surface area contributed by atoms with Crippen molar-refractivity contribution in [2.24, 2.45) is 0 Å². The second-order valence-electron chi connectivity index (χ2n) is 5.31. The lowest BCUT2D eigenvalue weighted by Gasteiger charge is -2.26. The summed E-state index contributed by atoms with van der Waals surface area (Å²) < 4.78 is 39.2. The lowest BCUT2D eigenvalue weighted by Crippen LogP contribution is -2.38. The summed E-state index contributed by atoms with van der Waals surface area (Å²) in [4.78, 5) is 14.4. The van der Waals surface area contributed by atoms with E-state index in [1.807, 2.05) is 0 Å². The molecule has 24 heavy (non-hydrogen) atoms. The van der Waals surface area contributed by atoms with Crippen LogP contribution < -0.4 is 14.8 Å². The van der Waals surface area contributed by atoms with Gasteiger partial charge in [-0.2, -0.15) is 8.78 Å². The molecule has 1 fully saturated rings. The Balaban J connectivity index is 1.80. The number of nitrogens with one attached hydrogen (secondary N) is 1. The Morgan fingerprint density at radius 3 is 2.75 bits per heavy atom. The fourth-order valence-corrected chi connectivity index (χ4v) is 2.43. The van der Waals surface area contributed by atoms with Crippen LogP contribution in [-0.4, -0.2) is 63.9 Å². The van der Waals surface area contributed by atoms with Crippen molar-refractivity contribution >= 4 is 5.91 Å². The Kier molecular flexibility index (Phi) is 7.20. The molecule has 1 saturated heterocycles. The zero-order valence-electron chi connectivity index (χ0n) is 13.6. The van der Waals surface area contributed by atoms with Crippen molar-refractivity contribution in [1.82, 2.24) is 10.2 Å². The van der Waals surface area contributed by atoms with Gasteiger partial charge in [0.05, 0.1) is 20.3 Å². The second-order valence-corrected chi connectivity index (χ2v) is 5.31. The molecule has 1 heterocycles. The molecular weight excluding hydrogens is 322 g/mol. The van der Waals surface area contributed by atoms with E-state index in [1.54, 1.807) is 0 Å². The van der Waals surface area contributed by atoms with Crippen molar-refractivity contribution in [2.45, 2.75) is 13.0 Å². The number of carbonyl (C=O) groups excluding carboxylic acids is 1. The average molecular weight is 344 g/mol. The topological polar surface area (TPSA) is 60.0 Å². The molecule has 6 nitrogen and oxygen atoms in total. The largest absolute Gasteiger partial charge is 0.493 e. The van der Waals surface area contributed by atoms with Gasteiger partial charge in [-0.3, -0.25) is 9.69 Å². The van der Waals surface area contributed by atoms with Crippen LogP contribution in [0.25, 0.3) is 0 Å².